The van der Waals surface area contributed by atoms with Gasteiger partial charge in [-0.3, -0.25) is 9.59 Å². The number of fused-ring (bicyclic) bond motifs is 1. The van der Waals surface area contributed by atoms with Crippen LogP contribution < -0.4 is 15.4 Å². The van der Waals surface area contributed by atoms with Crippen molar-refractivity contribution in [3.8, 4) is 5.75 Å². The van der Waals surface area contributed by atoms with Crippen LogP contribution in [0.1, 0.15) is 71.7 Å². The van der Waals surface area contributed by atoms with E-state index in [9.17, 15) is 18.0 Å². The molecule has 4 rings (SSSR count). The molecule has 202 valence electrons. The van der Waals surface area contributed by atoms with Gasteiger partial charge in [-0.2, -0.15) is 0 Å². The van der Waals surface area contributed by atoms with Gasteiger partial charge in [-0.15, -0.1) is 11.3 Å². The standard InChI is InChI=1S/C26H32Cl2N2O5S2/c1-5-35-22-18(27)10-14(11-19(22)28)23(31)30-25-21(24(32)29-16-8-9-37(33,34)13-16)17-7-6-15(26(2,3)4)12-20(17)36-25/h10-11,15-16H,5-9,12-13H2,1-4H3,(H,29,32)(H,30,31). The minimum atomic E-state index is -3.15. The number of sulfone groups is 1. The first-order valence-electron chi connectivity index (χ1n) is 12.4. The summed E-state index contributed by atoms with van der Waals surface area (Å²) < 4.78 is 29.3. The van der Waals surface area contributed by atoms with Crippen LogP contribution in [0.15, 0.2) is 12.1 Å². The molecule has 0 spiro atoms. The second kappa shape index (κ2) is 10.8. The zero-order valence-electron chi connectivity index (χ0n) is 21.4. The van der Waals surface area contributed by atoms with Crippen molar-refractivity contribution < 1.29 is 22.7 Å². The largest absolute Gasteiger partial charge is 0.491 e. The van der Waals surface area contributed by atoms with Gasteiger partial charge in [0.05, 0.1) is 33.7 Å². The monoisotopic (exact) mass is 586 g/mol. The Bertz CT molecular complexity index is 1310. The molecule has 1 fully saturated rings. The van der Waals surface area contributed by atoms with Crippen LogP contribution in [0.2, 0.25) is 10.0 Å². The van der Waals surface area contributed by atoms with E-state index in [1.165, 1.54) is 23.5 Å². The highest BCUT2D eigenvalue weighted by Gasteiger charge is 2.36. The van der Waals surface area contributed by atoms with Gasteiger partial charge in [-0.1, -0.05) is 44.0 Å². The molecule has 1 aliphatic heterocycles. The molecule has 0 radical (unpaired) electrons. The maximum atomic E-state index is 13.5. The maximum absolute atomic E-state index is 13.5. The van der Waals surface area contributed by atoms with Crippen molar-refractivity contribution in [3.05, 3.63) is 43.7 Å². The highest BCUT2D eigenvalue weighted by molar-refractivity contribution is 7.91. The lowest BCUT2D eigenvalue weighted by Crippen LogP contribution is -2.36. The highest BCUT2D eigenvalue weighted by atomic mass is 35.5. The van der Waals surface area contributed by atoms with Crippen LogP contribution in [-0.4, -0.2) is 44.4 Å². The lowest BCUT2D eigenvalue weighted by molar-refractivity contribution is 0.0941. The molecule has 1 aromatic carbocycles. The summed E-state index contributed by atoms with van der Waals surface area (Å²) in [5.74, 6) is -0.0459. The molecule has 7 nitrogen and oxygen atoms in total. The van der Waals surface area contributed by atoms with Gasteiger partial charge in [-0.25, -0.2) is 8.42 Å². The van der Waals surface area contributed by atoms with Crippen LogP contribution in [0.4, 0.5) is 5.00 Å². The Morgan fingerprint density at radius 3 is 2.38 bits per heavy atom. The molecule has 2 aliphatic rings. The number of halogens is 2. The van der Waals surface area contributed by atoms with Crippen molar-refractivity contribution in [1.29, 1.82) is 0 Å². The normalized spacial score (nSPS) is 20.8. The van der Waals surface area contributed by atoms with Gasteiger partial charge >= 0.3 is 0 Å². The fourth-order valence-electron chi connectivity index (χ4n) is 4.97. The molecular weight excluding hydrogens is 555 g/mol. The first-order valence-corrected chi connectivity index (χ1v) is 15.8. The third-order valence-electron chi connectivity index (χ3n) is 7.06. The Morgan fingerprint density at radius 2 is 1.81 bits per heavy atom. The van der Waals surface area contributed by atoms with Crippen LogP contribution in [0, 0.1) is 11.3 Å². The first-order chi connectivity index (χ1) is 17.3. The lowest BCUT2D eigenvalue weighted by atomic mass is 9.72. The molecule has 0 saturated carbocycles. The van der Waals surface area contributed by atoms with E-state index >= 15 is 0 Å². The van der Waals surface area contributed by atoms with Gasteiger partial charge in [0, 0.05) is 16.5 Å². The number of nitrogens with one attached hydrogen (secondary N) is 2. The van der Waals surface area contributed by atoms with Crippen molar-refractivity contribution in [2.24, 2.45) is 11.3 Å². The van der Waals surface area contributed by atoms with Crippen molar-refractivity contribution >= 4 is 61.2 Å². The average Bonchev–Trinajstić information content (AvgIpc) is 3.33. The van der Waals surface area contributed by atoms with E-state index in [1.54, 1.807) is 0 Å². The molecule has 0 bridgehead atoms. The summed E-state index contributed by atoms with van der Waals surface area (Å²) in [5, 5.41) is 6.70. The number of carbonyl (C=O) groups is 2. The second-order valence-corrected chi connectivity index (χ2v) is 14.9. The van der Waals surface area contributed by atoms with Crippen molar-refractivity contribution in [2.45, 2.75) is 59.4 Å². The van der Waals surface area contributed by atoms with Crippen molar-refractivity contribution in [2.75, 3.05) is 23.4 Å². The maximum Gasteiger partial charge on any atom is 0.256 e. The van der Waals surface area contributed by atoms with Gasteiger partial charge in [0.2, 0.25) is 0 Å². The molecule has 1 saturated heterocycles. The number of thiophene rings is 1. The van der Waals surface area contributed by atoms with Crippen molar-refractivity contribution in [3.63, 3.8) is 0 Å². The number of hydrogen-bond donors (Lipinski definition) is 2. The molecule has 2 atom stereocenters. The summed E-state index contributed by atoms with van der Waals surface area (Å²) in [7, 11) is -3.15. The molecule has 2 aromatic rings. The van der Waals surface area contributed by atoms with Crippen LogP contribution in [0.5, 0.6) is 5.75 Å². The lowest BCUT2D eigenvalue weighted by Gasteiger charge is -2.33. The van der Waals surface area contributed by atoms with Crippen LogP contribution >= 0.6 is 34.5 Å². The predicted octanol–water partition coefficient (Wildman–Crippen LogP) is 5.77. The van der Waals surface area contributed by atoms with E-state index in [-0.39, 0.29) is 38.4 Å². The summed E-state index contributed by atoms with van der Waals surface area (Å²) in [6, 6.07) is 2.53. The fraction of sp³-hybridized carbons (Fsp3) is 0.538. The Hall–Kier alpha value is -1.81. The molecule has 2 heterocycles. The molecule has 37 heavy (non-hydrogen) atoms. The molecule has 1 aromatic heterocycles. The molecular formula is C26H32Cl2N2O5S2. The third-order valence-corrected chi connectivity index (χ3v) is 10.6. The number of ether oxygens (including phenoxy) is 1. The summed E-state index contributed by atoms with van der Waals surface area (Å²) in [5.41, 5.74) is 1.71. The van der Waals surface area contributed by atoms with E-state index in [0.717, 1.165) is 29.7 Å². The van der Waals surface area contributed by atoms with E-state index < -0.39 is 21.8 Å². The van der Waals surface area contributed by atoms with E-state index in [4.69, 9.17) is 27.9 Å². The Kier molecular flexibility index (Phi) is 8.19. The number of carbonyl (C=O) groups excluding carboxylic acids is 2. The van der Waals surface area contributed by atoms with Gasteiger partial charge in [0.1, 0.15) is 5.00 Å². The van der Waals surface area contributed by atoms with Crippen molar-refractivity contribution in [1.82, 2.24) is 5.32 Å². The summed E-state index contributed by atoms with van der Waals surface area (Å²) in [6.07, 6.45) is 2.86. The van der Waals surface area contributed by atoms with Crippen LogP contribution in [-0.2, 0) is 22.7 Å². The fourth-order valence-corrected chi connectivity index (χ4v) is 8.56. The van der Waals surface area contributed by atoms with Gasteiger partial charge in [-0.05, 0) is 61.6 Å². The first kappa shape index (κ1) is 28.2. The number of benzene rings is 1. The zero-order valence-corrected chi connectivity index (χ0v) is 24.5. The number of rotatable bonds is 6. The molecule has 2 amide bonds. The zero-order chi connectivity index (χ0) is 27.1. The predicted molar refractivity (Wildman–Crippen MR) is 149 cm³/mol. The summed E-state index contributed by atoms with van der Waals surface area (Å²) >= 11 is 14.0. The molecule has 2 unspecified atom stereocenters. The molecule has 2 N–H and O–H groups in total. The minimum absolute atomic E-state index is 0.0653. The third kappa shape index (κ3) is 6.27. The highest BCUT2D eigenvalue weighted by Crippen LogP contribution is 2.44. The molecule has 11 heteroatoms. The Labute approximate surface area is 232 Å². The Morgan fingerprint density at radius 1 is 1.14 bits per heavy atom. The quantitative estimate of drug-likeness (QED) is 0.447. The van der Waals surface area contributed by atoms with Crippen LogP contribution in [0.3, 0.4) is 0 Å². The van der Waals surface area contributed by atoms with Gasteiger partial charge in [0.15, 0.2) is 15.6 Å². The Balaban J connectivity index is 1.66. The number of hydrogen-bond acceptors (Lipinski definition) is 6. The van der Waals surface area contributed by atoms with E-state index in [1.807, 2.05) is 6.92 Å². The smallest absolute Gasteiger partial charge is 0.256 e. The number of amides is 2. The topological polar surface area (TPSA) is 102 Å². The van der Waals surface area contributed by atoms with Crippen LogP contribution in [0.25, 0.3) is 0 Å². The van der Waals surface area contributed by atoms with E-state index in [2.05, 4.69) is 31.4 Å². The van der Waals surface area contributed by atoms with E-state index in [0.29, 0.717) is 35.3 Å². The second-order valence-electron chi connectivity index (χ2n) is 10.7. The SMILES string of the molecule is CCOc1c(Cl)cc(C(=O)Nc2sc3c(c2C(=O)NC2CCS(=O)(=O)C2)CCC(C(C)(C)C)C3)cc1Cl. The summed E-state index contributed by atoms with van der Waals surface area (Å²) in [6.45, 7) is 8.83. The minimum Gasteiger partial charge on any atom is -0.491 e. The van der Waals surface area contributed by atoms with Gasteiger partial charge < -0.3 is 15.4 Å². The van der Waals surface area contributed by atoms with Gasteiger partial charge in [0.25, 0.3) is 11.8 Å². The number of anilines is 1. The summed E-state index contributed by atoms with van der Waals surface area (Å²) in [4.78, 5) is 27.8. The average molecular weight is 588 g/mol. The molecule has 1 aliphatic carbocycles.